The van der Waals surface area contributed by atoms with Gasteiger partial charge in [0.25, 0.3) is 5.91 Å². The summed E-state index contributed by atoms with van der Waals surface area (Å²) in [6.45, 7) is 0.293. The first-order valence-electron chi connectivity index (χ1n) is 9.05. The molecule has 3 aromatic rings. The largest absolute Gasteiger partial charge is 0.375 e. The second-order valence-corrected chi connectivity index (χ2v) is 8.36. The summed E-state index contributed by atoms with van der Waals surface area (Å²) in [4.78, 5) is 27.7. The van der Waals surface area contributed by atoms with Crippen molar-refractivity contribution in [2.24, 2.45) is 0 Å². The van der Waals surface area contributed by atoms with Gasteiger partial charge in [0.2, 0.25) is 0 Å². The van der Waals surface area contributed by atoms with Crippen LogP contribution >= 0.6 is 27.5 Å². The molecule has 0 aliphatic carbocycles. The molecule has 1 amide bonds. The first-order valence-corrected chi connectivity index (χ1v) is 10.2. The molecule has 1 N–H and O–H groups in total. The van der Waals surface area contributed by atoms with Gasteiger partial charge in [-0.05, 0) is 35.9 Å². The molecule has 1 atom stereocenters. The van der Waals surface area contributed by atoms with Crippen LogP contribution in [0.5, 0.6) is 0 Å². The maximum absolute atomic E-state index is 13.3. The molecule has 1 aliphatic rings. The van der Waals surface area contributed by atoms with Gasteiger partial charge in [0.05, 0.1) is 18.7 Å². The summed E-state index contributed by atoms with van der Waals surface area (Å²) in [7, 11) is 0. The van der Waals surface area contributed by atoms with E-state index in [9.17, 15) is 14.7 Å². The van der Waals surface area contributed by atoms with Crippen molar-refractivity contribution in [3.63, 3.8) is 0 Å². The number of benzene rings is 3. The van der Waals surface area contributed by atoms with Crippen LogP contribution in [-0.2, 0) is 16.9 Å². The summed E-state index contributed by atoms with van der Waals surface area (Å²) in [5.74, 6) is -0.850. The quantitative estimate of drug-likeness (QED) is 0.527. The van der Waals surface area contributed by atoms with E-state index < -0.39 is 11.5 Å². The fourth-order valence-electron chi connectivity index (χ4n) is 3.61. The average Bonchev–Trinajstić information content (AvgIpc) is 2.90. The van der Waals surface area contributed by atoms with Crippen molar-refractivity contribution >= 4 is 44.9 Å². The number of hydrogen-bond acceptors (Lipinski definition) is 3. The van der Waals surface area contributed by atoms with Crippen molar-refractivity contribution < 1.29 is 14.7 Å². The Labute approximate surface area is 181 Å². The van der Waals surface area contributed by atoms with Crippen LogP contribution in [0.25, 0.3) is 0 Å². The lowest BCUT2D eigenvalue weighted by Crippen LogP contribution is -2.41. The fraction of sp³-hybridized carbons (Fsp3) is 0.130. The highest BCUT2D eigenvalue weighted by Crippen LogP contribution is 2.44. The SMILES string of the molecule is O=C(CC1(O)C(=O)N(Cc2ccccc2)c2ccc(Cl)cc21)c1cccc(Br)c1. The van der Waals surface area contributed by atoms with Crippen molar-refractivity contribution in [1.82, 2.24) is 0 Å². The Morgan fingerprint density at radius 2 is 1.79 bits per heavy atom. The Morgan fingerprint density at radius 3 is 2.52 bits per heavy atom. The number of carbonyl (C=O) groups excluding carboxylic acids is 2. The third-order valence-corrected chi connectivity index (χ3v) is 5.77. The molecule has 3 aromatic carbocycles. The second-order valence-electron chi connectivity index (χ2n) is 7.01. The van der Waals surface area contributed by atoms with Gasteiger partial charge >= 0.3 is 0 Å². The maximum Gasteiger partial charge on any atom is 0.264 e. The number of aliphatic hydroxyl groups is 1. The molecule has 0 saturated heterocycles. The first kappa shape index (κ1) is 19.8. The van der Waals surface area contributed by atoms with Crippen LogP contribution in [0.1, 0.15) is 27.9 Å². The molecule has 0 radical (unpaired) electrons. The lowest BCUT2D eigenvalue weighted by molar-refractivity contribution is -0.136. The van der Waals surface area contributed by atoms with Gasteiger partial charge in [-0.1, -0.05) is 70.0 Å². The van der Waals surface area contributed by atoms with E-state index in [-0.39, 0.29) is 12.2 Å². The summed E-state index contributed by atoms with van der Waals surface area (Å²) < 4.78 is 0.752. The third-order valence-electron chi connectivity index (χ3n) is 5.04. The molecule has 4 rings (SSSR count). The van der Waals surface area contributed by atoms with Crippen molar-refractivity contribution in [3.8, 4) is 0 Å². The third kappa shape index (κ3) is 3.73. The van der Waals surface area contributed by atoms with Crippen LogP contribution in [-0.4, -0.2) is 16.8 Å². The number of nitrogens with zero attached hydrogens (tertiary/aromatic N) is 1. The lowest BCUT2D eigenvalue weighted by atomic mass is 9.88. The number of hydrogen-bond donors (Lipinski definition) is 1. The van der Waals surface area contributed by atoms with E-state index in [0.29, 0.717) is 28.4 Å². The summed E-state index contributed by atoms with van der Waals surface area (Å²) in [5, 5.41) is 11.8. The van der Waals surface area contributed by atoms with Crippen LogP contribution in [0.2, 0.25) is 5.02 Å². The van der Waals surface area contributed by atoms with Crippen LogP contribution in [0, 0.1) is 0 Å². The molecule has 6 heteroatoms. The van der Waals surface area contributed by atoms with Gasteiger partial charge in [0, 0.05) is 20.6 Å². The number of rotatable bonds is 5. The number of halogens is 2. The van der Waals surface area contributed by atoms with Gasteiger partial charge in [-0.25, -0.2) is 0 Å². The topological polar surface area (TPSA) is 57.6 Å². The number of amides is 1. The minimum atomic E-state index is -1.96. The summed E-state index contributed by atoms with van der Waals surface area (Å²) >= 11 is 9.49. The molecule has 0 bridgehead atoms. The number of carbonyl (C=O) groups is 2. The Kier molecular flexibility index (Phi) is 5.30. The minimum absolute atomic E-state index is 0.293. The van der Waals surface area contributed by atoms with Gasteiger partial charge < -0.3 is 10.0 Å². The van der Waals surface area contributed by atoms with Crippen LogP contribution in [0.3, 0.4) is 0 Å². The molecule has 4 nitrogen and oxygen atoms in total. The van der Waals surface area contributed by atoms with Gasteiger partial charge in [0.1, 0.15) is 0 Å². The molecular formula is C23H17BrClNO3. The van der Waals surface area contributed by atoms with Crippen LogP contribution in [0.4, 0.5) is 5.69 Å². The molecule has 1 unspecified atom stereocenters. The Balaban J connectivity index is 1.72. The summed E-state index contributed by atoms with van der Waals surface area (Å²) in [6.07, 6.45) is -0.360. The van der Waals surface area contributed by atoms with E-state index >= 15 is 0 Å². The van der Waals surface area contributed by atoms with E-state index in [2.05, 4.69) is 15.9 Å². The molecule has 0 aromatic heterocycles. The van der Waals surface area contributed by atoms with Gasteiger partial charge in [-0.15, -0.1) is 0 Å². The Hall–Kier alpha value is -2.47. The molecule has 0 fully saturated rings. The molecule has 146 valence electrons. The van der Waals surface area contributed by atoms with Gasteiger partial charge in [-0.2, -0.15) is 0 Å². The van der Waals surface area contributed by atoms with Gasteiger partial charge in [-0.3, -0.25) is 9.59 Å². The molecule has 0 saturated carbocycles. The number of fused-ring (bicyclic) bond motifs is 1. The highest BCUT2D eigenvalue weighted by Gasteiger charge is 2.51. The predicted molar refractivity (Wildman–Crippen MR) is 116 cm³/mol. The average molecular weight is 471 g/mol. The zero-order chi connectivity index (χ0) is 20.6. The monoisotopic (exact) mass is 469 g/mol. The van der Waals surface area contributed by atoms with Crippen molar-refractivity contribution in [1.29, 1.82) is 0 Å². The predicted octanol–water partition coefficient (Wildman–Crippen LogP) is 5.11. The number of ketones is 1. The molecular weight excluding hydrogens is 454 g/mol. The van der Waals surface area contributed by atoms with Crippen LogP contribution < -0.4 is 4.90 Å². The highest BCUT2D eigenvalue weighted by molar-refractivity contribution is 9.10. The zero-order valence-corrected chi connectivity index (χ0v) is 17.7. The second kappa shape index (κ2) is 7.75. The number of anilines is 1. The standard InChI is InChI=1S/C23H17BrClNO3/c24-17-8-4-7-16(11-17)21(27)13-23(29)19-12-18(25)9-10-20(19)26(22(23)28)14-15-5-2-1-3-6-15/h1-12,29H,13-14H2. The molecule has 0 spiro atoms. The summed E-state index contributed by atoms with van der Waals surface area (Å²) in [5.41, 5.74) is 0.297. The van der Waals surface area contributed by atoms with Crippen molar-refractivity contribution in [2.75, 3.05) is 4.90 Å². The van der Waals surface area contributed by atoms with E-state index in [1.54, 1.807) is 36.4 Å². The Morgan fingerprint density at radius 1 is 1.03 bits per heavy atom. The summed E-state index contributed by atoms with van der Waals surface area (Å²) in [6, 6.07) is 21.3. The first-order chi connectivity index (χ1) is 13.9. The molecule has 1 heterocycles. The van der Waals surface area contributed by atoms with Gasteiger partial charge in [0.15, 0.2) is 11.4 Å². The lowest BCUT2D eigenvalue weighted by Gasteiger charge is -2.23. The smallest absolute Gasteiger partial charge is 0.264 e. The maximum atomic E-state index is 13.3. The zero-order valence-electron chi connectivity index (χ0n) is 15.3. The highest BCUT2D eigenvalue weighted by atomic mass is 79.9. The number of Topliss-reactive ketones (excluding diaryl/α,β-unsaturated/α-hetero) is 1. The normalized spacial score (nSPS) is 18.0. The molecule has 1 aliphatic heterocycles. The van der Waals surface area contributed by atoms with E-state index in [4.69, 9.17) is 11.6 Å². The minimum Gasteiger partial charge on any atom is -0.375 e. The Bertz CT molecular complexity index is 1100. The van der Waals surface area contributed by atoms with Crippen LogP contribution in [0.15, 0.2) is 77.3 Å². The van der Waals surface area contributed by atoms with Crippen molar-refractivity contribution in [2.45, 2.75) is 18.6 Å². The molecule has 29 heavy (non-hydrogen) atoms. The van der Waals surface area contributed by atoms with E-state index in [1.165, 1.54) is 4.90 Å². The van der Waals surface area contributed by atoms with E-state index in [0.717, 1.165) is 10.0 Å². The van der Waals surface area contributed by atoms with E-state index in [1.807, 2.05) is 36.4 Å². The fourth-order valence-corrected chi connectivity index (χ4v) is 4.18. The van der Waals surface area contributed by atoms with Crippen molar-refractivity contribution in [3.05, 3.63) is 99.0 Å².